The molecule has 0 radical (unpaired) electrons. The Bertz CT molecular complexity index is 2760. The van der Waals surface area contributed by atoms with Gasteiger partial charge in [-0.3, -0.25) is 0 Å². The monoisotopic (exact) mass is 783 g/mol. The van der Waals surface area contributed by atoms with Crippen molar-refractivity contribution in [3.8, 4) is 11.1 Å². The molecule has 0 fully saturated rings. The molecule has 3 nitrogen and oxygen atoms in total. The first-order valence-corrected chi connectivity index (χ1v) is 20.6. The molecule has 0 aliphatic heterocycles. The van der Waals surface area contributed by atoms with E-state index in [1.165, 1.54) is 5.56 Å². The van der Waals surface area contributed by atoms with E-state index in [0.717, 1.165) is 73.4 Å². The van der Waals surface area contributed by atoms with Crippen molar-refractivity contribution >= 4 is 69.4 Å². The van der Waals surface area contributed by atoms with Gasteiger partial charge in [-0.25, -0.2) is 0 Å². The van der Waals surface area contributed by atoms with Gasteiger partial charge in [-0.15, -0.1) is 0 Å². The van der Waals surface area contributed by atoms with Crippen molar-refractivity contribution in [2.75, 3.05) is 14.7 Å². The van der Waals surface area contributed by atoms with Crippen LogP contribution in [0.15, 0.2) is 249 Å². The Morgan fingerprint density at radius 1 is 0.230 bits per heavy atom. The summed E-state index contributed by atoms with van der Waals surface area (Å²) in [5, 5.41) is 0. The molecule has 0 heterocycles. The number of anilines is 9. The molecule has 9 rings (SSSR count). The van der Waals surface area contributed by atoms with E-state index in [1.807, 2.05) is 12.1 Å². The van der Waals surface area contributed by atoms with Crippen LogP contribution in [0.2, 0.25) is 0 Å². The second-order valence-corrected chi connectivity index (χ2v) is 14.8. The van der Waals surface area contributed by atoms with Crippen molar-refractivity contribution in [3.05, 3.63) is 266 Å². The van der Waals surface area contributed by atoms with Gasteiger partial charge in [-0.1, -0.05) is 158 Å². The van der Waals surface area contributed by atoms with Gasteiger partial charge in [0.2, 0.25) is 0 Å². The van der Waals surface area contributed by atoms with Gasteiger partial charge in [-0.05, 0) is 137 Å². The molecule has 9 aromatic carbocycles. The highest BCUT2D eigenvalue weighted by Crippen LogP contribution is 2.40. The van der Waals surface area contributed by atoms with Crippen LogP contribution in [0.3, 0.4) is 0 Å². The van der Waals surface area contributed by atoms with Crippen LogP contribution >= 0.6 is 0 Å². The van der Waals surface area contributed by atoms with Gasteiger partial charge in [0.05, 0.1) is 0 Å². The summed E-state index contributed by atoms with van der Waals surface area (Å²) in [6, 6.07) is 85.8. The first-order chi connectivity index (χ1) is 30.2. The maximum Gasteiger partial charge on any atom is 0.0463 e. The summed E-state index contributed by atoms with van der Waals surface area (Å²) >= 11 is 0. The summed E-state index contributed by atoms with van der Waals surface area (Å²) in [6.07, 6.45) is 6.19. The summed E-state index contributed by atoms with van der Waals surface area (Å²) in [4.78, 5) is 6.89. The lowest BCUT2D eigenvalue weighted by Gasteiger charge is -2.28. The Kier molecular flexibility index (Phi) is 11.4. The third kappa shape index (κ3) is 8.83. The van der Waals surface area contributed by atoms with Crippen LogP contribution in [0.5, 0.6) is 0 Å². The smallest absolute Gasteiger partial charge is 0.0463 e. The van der Waals surface area contributed by atoms with E-state index < -0.39 is 0 Å². The summed E-state index contributed by atoms with van der Waals surface area (Å²) < 4.78 is 0. The maximum absolute atomic E-state index is 3.98. The number of nitrogens with zero attached hydrogens (tertiary/aromatic N) is 3. The van der Waals surface area contributed by atoms with Gasteiger partial charge >= 0.3 is 0 Å². The van der Waals surface area contributed by atoms with Gasteiger partial charge in [0, 0.05) is 51.2 Å². The highest BCUT2D eigenvalue weighted by atomic mass is 15.2. The average Bonchev–Trinajstić information content (AvgIpc) is 3.34. The molecule has 0 bridgehead atoms. The van der Waals surface area contributed by atoms with Crippen molar-refractivity contribution in [1.82, 2.24) is 0 Å². The zero-order valence-electron chi connectivity index (χ0n) is 33.9. The Morgan fingerprint density at radius 2 is 0.459 bits per heavy atom. The minimum absolute atomic E-state index is 1.06. The SMILES string of the molecule is C=Cc1ccc(N(c2ccc(-c3ccc(N(c4ccccc4)c4ccc(C=Cc5ccccc5)cc4)cc3)cc2)c2ccc(N(c3ccccc3)c3ccccc3)cc2)cc1. The van der Waals surface area contributed by atoms with Gasteiger partial charge in [0.25, 0.3) is 0 Å². The highest BCUT2D eigenvalue weighted by Gasteiger charge is 2.17. The predicted octanol–water partition coefficient (Wildman–Crippen LogP) is 16.6. The van der Waals surface area contributed by atoms with Crippen LogP contribution in [-0.2, 0) is 0 Å². The third-order valence-corrected chi connectivity index (χ3v) is 10.8. The fraction of sp³-hybridized carbons (Fsp3) is 0. The second-order valence-electron chi connectivity index (χ2n) is 14.8. The maximum atomic E-state index is 3.98. The van der Waals surface area contributed by atoms with Crippen molar-refractivity contribution in [2.24, 2.45) is 0 Å². The fourth-order valence-corrected chi connectivity index (χ4v) is 7.68. The molecule has 0 amide bonds. The molecule has 292 valence electrons. The lowest BCUT2D eigenvalue weighted by molar-refractivity contribution is 1.25. The molecule has 0 aliphatic carbocycles. The van der Waals surface area contributed by atoms with Gasteiger partial charge < -0.3 is 14.7 Å². The number of rotatable bonds is 13. The number of hydrogen-bond donors (Lipinski definition) is 0. The van der Waals surface area contributed by atoms with E-state index in [1.54, 1.807) is 0 Å². The topological polar surface area (TPSA) is 9.72 Å². The Labute approximate surface area is 359 Å². The second kappa shape index (κ2) is 18.2. The molecule has 0 spiro atoms. The highest BCUT2D eigenvalue weighted by molar-refractivity contribution is 5.83. The van der Waals surface area contributed by atoms with Crippen LogP contribution in [0.25, 0.3) is 29.4 Å². The molecule has 0 N–H and O–H groups in total. The fourth-order valence-electron chi connectivity index (χ4n) is 7.68. The van der Waals surface area contributed by atoms with Crippen molar-refractivity contribution < 1.29 is 0 Å². The average molecular weight is 784 g/mol. The lowest BCUT2D eigenvalue weighted by atomic mass is 10.0. The first-order valence-electron chi connectivity index (χ1n) is 20.6. The van der Waals surface area contributed by atoms with Crippen LogP contribution in [0.4, 0.5) is 51.2 Å². The molecule has 3 heteroatoms. The molecule has 9 aromatic rings. The van der Waals surface area contributed by atoms with Gasteiger partial charge in [0.1, 0.15) is 0 Å². The zero-order valence-corrected chi connectivity index (χ0v) is 33.9. The summed E-state index contributed by atoms with van der Waals surface area (Å²) in [5.41, 5.74) is 15.5. The van der Waals surface area contributed by atoms with Crippen molar-refractivity contribution in [3.63, 3.8) is 0 Å². The van der Waals surface area contributed by atoms with Gasteiger partial charge in [-0.2, -0.15) is 0 Å². The van der Waals surface area contributed by atoms with Crippen LogP contribution in [0.1, 0.15) is 16.7 Å². The van der Waals surface area contributed by atoms with E-state index in [4.69, 9.17) is 0 Å². The molecule has 0 aromatic heterocycles. The standard InChI is InChI=1S/C58H45N3/c1-2-45-25-33-53(34-26-45)61(58-43-41-57(42-44-58)59(50-17-9-4-10-18-50)51-19-11-5-12-20-51)56-39-31-49(32-40-56)48-29-37-55(38-30-48)60(52-21-13-6-14-22-52)54-35-27-47(28-36-54)24-23-46-15-7-3-8-16-46/h2-44H,1H2. The third-order valence-electron chi connectivity index (χ3n) is 10.8. The largest absolute Gasteiger partial charge is 0.311 e. The summed E-state index contributed by atoms with van der Waals surface area (Å²) in [5.74, 6) is 0. The van der Waals surface area contributed by atoms with Crippen LogP contribution in [0, 0.1) is 0 Å². The molecule has 61 heavy (non-hydrogen) atoms. The normalized spacial score (nSPS) is 11.0. The predicted molar refractivity (Wildman–Crippen MR) is 261 cm³/mol. The van der Waals surface area contributed by atoms with Gasteiger partial charge in [0.15, 0.2) is 0 Å². The molecular weight excluding hydrogens is 739 g/mol. The van der Waals surface area contributed by atoms with Crippen molar-refractivity contribution in [1.29, 1.82) is 0 Å². The summed E-state index contributed by atoms with van der Waals surface area (Å²) in [6.45, 7) is 3.98. The Morgan fingerprint density at radius 3 is 0.770 bits per heavy atom. The van der Waals surface area contributed by atoms with E-state index in [-0.39, 0.29) is 0 Å². The van der Waals surface area contributed by atoms with E-state index in [0.29, 0.717) is 0 Å². The molecule has 0 saturated heterocycles. The van der Waals surface area contributed by atoms with Crippen molar-refractivity contribution in [2.45, 2.75) is 0 Å². The summed E-state index contributed by atoms with van der Waals surface area (Å²) in [7, 11) is 0. The molecular formula is C58H45N3. The minimum Gasteiger partial charge on any atom is -0.311 e. The number of benzene rings is 9. The zero-order chi connectivity index (χ0) is 41.2. The Hall–Kier alpha value is -8.14. The van der Waals surface area contributed by atoms with Crippen LogP contribution < -0.4 is 14.7 Å². The molecule has 0 aliphatic rings. The van der Waals surface area contributed by atoms with E-state index >= 15 is 0 Å². The van der Waals surface area contributed by atoms with Crippen LogP contribution in [-0.4, -0.2) is 0 Å². The molecule has 0 atom stereocenters. The number of para-hydroxylation sites is 3. The van der Waals surface area contributed by atoms with E-state index in [9.17, 15) is 0 Å². The van der Waals surface area contributed by atoms with E-state index in [2.05, 4.69) is 270 Å². The molecule has 0 unspecified atom stereocenters. The first kappa shape index (κ1) is 38.4. The molecule has 0 saturated carbocycles. The Balaban J connectivity index is 0.997. The number of hydrogen-bond acceptors (Lipinski definition) is 3. The minimum atomic E-state index is 1.06. The quantitative estimate of drug-likeness (QED) is 0.108. The lowest BCUT2D eigenvalue weighted by Crippen LogP contribution is -2.12.